The molecule has 0 unspecified atom stereocenters. The summed E-state index contributed by atoms with van der Waals surface area (Å²) in [5, 5.41) is 11.6. The zero-order valence-corrected chi connectivity index (χ0v) is 10.8. The molecule has 2 nitrogen and oxygen atoms in total. The summed E-state index contributed by atoms with van der Waals surface area (Å²) >= 11 is 3.26. The smallest absolute Gasteiger partial charge is 0.346 e. The van der Waals surface area contributed by atoms with E-state index in [1.807, 2.05) is 23.2 Å². The molecular formula is C12H16O2S2. The van der Waals surface area contributed by atoms with Gasteiger partial charge in [-0.1, -0.05) is 19.3 Å². The molecule has 1 heterocycles. The molecule has 1 aliphatic rings. The molecule has 0 atom stereocenters. The highest BCUT2D eigenvalue weighted by Crippen LogP contribution is 2.32. The molecule has 1 fully saturated rings. The van der Waals surface area contributed by atoms with Crippen LogP contribution in [0.5, 0.6) is 0 Å². The quantitative estimate of drug-likeness (QED) is 0.884. The van der Waals surface area contributed by atoms with Crippen LogP contribution in [0.15, 0.2) is 11.4 Å². The van der Waals surface area contributed by atoms with Gasteiger partial charge in [0.05, 0.1) is 0 Å². The van der Waals surface area contributed by atoms with Crippen molar-refractivity contribution in [2.24, 2.45) is 0 Å². The lowest BCUT2D eigenvalue weighted by Gasteiger charge is -2.20. The SMILES string of the molecule is O=C(O)c1sccc1CSC1CCCCC1. The maximum atomic E-state index is 10.9. The highest BCUT2D eigenvalue weighted by Gasteiger charge is 2.16. The van der Waals surface area contributed by atoms with E-state index >= 15 is 0 Å². The molecule has 1 aliphatic carbocycles. The lowest BCUT2D eigenvalue weighted by molar-refractivity contribution is 0.0701. The van der Waals surface area contributed by atoms with E-state index in [2.05, 4.69) is 0 Å². The molecule has 0 aliphatic heterocycles. The Hall–Kier alpha value is -0.480. The van der Waals surface area contributed by atoms with Crippen molar-refractivity contribution < 1.29 is 9.90 Å². The van der Waals surface area contributed by atoms with Crippen LogP contribution in [0.25, 0.3) is 0 Å². The molecular weight excluding hydrogens is 240 g/mol. The van der Waals surface area contributed by atoms with Crippen molar-refractivity contribution in [2.75, 3.05) is 0 Å². The Morgan fingerprint density at radius 2 is 2.19 bits per heavy atom. The first-order valence-electron chi connectivity index (χ1n) is 5.68. The number of rotatable bonds is 4. The molecule has 4 heteroatoms. The van der Waals surface area contributed by atoms with E-state index < -0.39 is 5.97 Å². The highest BCUT2D eigenvalue weighted by atomic mass is 32.2. The number of hydrogen-bond donors (Lipinski definition) is 1. The molecule has 2 rings (SSSR count). The molecule has 0 saturated heterocycles. The Morgan fingerprint density at radius 3 is 2.88 bits per heavy atom. The number of carboxylic acid groups (broad SMARTS) is 1. The zero-order chi connectivity index (χ0) is 11.4. The molecule has 88 valence electrons. The first-order valence-corrected chi connectivity index (χ1v) is 7.61. The Morgan fingerprint density at radius 1 is 1.44 bits per heavy atom. The van der Waals surface area contributed by atoms with Gasteiger partial charge in [-0.3, -0.25) is 0 Å². The molecule has 1 aromatic rings. The van der Waals surface area contributed by atoms with Crippen LogP contribution in [0.3, 0.4) is 0 Å². The van der Waals surface area contributed by atoms with Gasteiger partial charge in [0.15, 0.2) is 0 Å². The average molecular weight is 256 g/mol. The molecule has 0 bridgehead atoms. The summed E-state index contributed by atoms with van der Waals surface area (Å²) in [5.74, 6) is 0.0738. The number of thioether (sulfide) groups is 1. The Balaban J connectivity index is 1.88. The largest absolute Gasteiger partial charge is 0.477 e. The first-order chi connectivity index (χ1) is 7.77. The molecule has 0 spiro atoms. The second-order valence-corrected chi connectivity index (χ2v) is 6.36. The molecule has 1 N–H and O–H groups in total. The molecule has 1 saturated carbocycles. The van der Waals surface area contributed by atoms with Crippen molar-refractivity contribution in [1.82, 2.24) is 0 Å². The van der Waals surface area contributed by atoms with E-state index in [1.165, 1.54) is 43.4 Å². The molecule has 0 aromatic carbocycles. The third-order valence-electron chi connectivity index (χ3n) is 2.97. The molecule has 1 aromatic heterocycles. The van der Waals surface area contributed by atoms with Gasteiger partial charge in [0.25, 0.3) is 0 Å². The number of thiophene rings is 1. The van der Waals surface area contributed by atoms with Gasteiger partial charge in [0, 0.05) is 11.0 Å². The van der Waals surface area contributed by atoms with Crippen LogP contribution >= 0.6 is 23.1 Å². The summed E-state index contributed by atoms with van der Waals surface area (Å²) in [5.41, 5.74) is 0.994. The Labute approximate surface area is 104 Å². The van der Waals surface area contributed by atoms with Crippen LogP contribution in [-0.2, 0) is 5.75 Å². The minimum atomic E-state index is -0.783. The number of aromatic carboxylic acids is 1. The van der Waals surface area contributed by atoms with Gasteiger partial charge in [-0.25, -0.2) is 4.79 Å². The van der Waals surface area contributed by atoms with E-state index in [9.17, 15) is 4.79 Å². The summed E-state index contributed by atoms with van der Waals surface area (Å²) in [6.07, 6.45) is 6.66. The van der Waals surface area contributed by atoms with E-state index in [-0.39, 0.29) is 0 Å². The van der Waals surface area contributed by atoms with Gasteiger partial charge in [-0.05, 0) is 29.9 Å². The fourth-order valence-electron chi connectivity index (χ4n) is 2.08. The van der Waals surface area contributed by atoms with Crippen molar-refractivity contribution in [3.05, 3.63) is 21.9 Å². The van der Waals surface area contributed by atoms with Gasteiger partial charge >= 0.3 is 5.97 Å². The van der Waals surface area contributed by atoms with Crippen molar-refractivity contribution in [3.63, 3.8) is 0 Å². The third-order valence-corrected chi connectivity index (χ3v) is 5.33. The topological polar surface area (TPSA) is 37.3 Å². The first kappa shape index (κ1) is 12.0. The summed E-state index contributed by atoms with van der Waals surface area (Å²) in [4.78, 5) is 11.5. The summed E-state index contributed by atoms with van der Waals surface area (Å²) in [7, 11) is 0. The standard InChI is InChI=1S/C12H16O2S2/c13-12(14)11-9(6-7-15-11)8-16-10-4-2-1-3-5-10/h6-7,10H,1-5,8H2,(H,13,14). The number of carboxylic acids is 1. The molecule has 0 radical (unpaired) electrons. The number of hydrogen-bond acceptors (Lipinski definition) is 3. The third kappa shape index (κ3) is 3.01. The summed E-state index contributed by atoms with van der Waals surface area (Å²) in [6, 6.07) is 1.95. The predicted molar refractivity (Wildman–Crippen MR) is 69.4 cm³/mol. The second-order valence-electron chi connectivity index (χ2n) is 4.15. The predicted octanol–water partition coefficient (Wildman–Crippen LogP) is 4.01. The van der Waals surface area contributed by atoms with Crippen molar-refractivity contribution >= 4 is 29.1 Å². The van der Waals surface area contributed by atoms with E-state index in [0.29, 0.717) is 4.88 Å². The lowest BCUT2D eigenvalue weighted by Crippen LogP contribution is -2.08. The van der Waals surface area contributed by atoms with Crippen molar-refractivity contribution in [2.45, 2.75) is 43.1 Å². The van der Waals surface area contributed by atoms with Gasteiger partial charge in [0.2, 0.25) is 0 Å². The molecule has 16 heavy (non-hydrogen) atoms. The maximum Gasteiger partial charge on any atom is 0.346 e. The van der Waals surface area contributed by atoms with Gasteiger partial charge in [0.1, 0.15) is 4.88 Å². The van der Waals surface area contributed by atoms with E-state index in [1.54, 1.807) is 0 Å². The minimum absolute atomic E-state index is 0.517. The maximum absolute atomic E-state index is 10.9. The average Bonchev–Trinajstić information content (AvgIpc) is 2.76. The fraction of sp³-hybridized carbons (Fsp3) is 0.583. The van der Waals surface area contributed by atoms with Crippen LogP contribution in [-0.4, -0.2) is 16.3 Å². The molecule has 0 amide bonds. The second kappa shape index (κ2) is 5.73. The summed E-state index contributed by atoms with van der Waals surface area (Å²) < 4.78 is 0. The monoisotopic (exact) mass is 256 g/mol. The van der Waals surface area contributed by atoms with Crippen molar-refractivity contribution in [1.29, 1.82) is 0 Å². The van der Waals surface area contributed by atoms with Crippen LogP contribution < -0.4 is 0 Å². The van der Waals surface area contributed by atoms with Gasteiger partial charge in [-0.2, -0.15) is 11.8 Å². The van der Waals surface area contributed by atoms with E-state index in [4.69, 9.17) is 5.11 Å². The fourth-order valence-corrected chi connectivity index (χ4v) is 4.25. The Bertz CT molecular complexity index is 354. The normalized spacial score (nSPS) is 17.5. The summed E-state index contributed by atoms with van der Waals surface area (Å²) in [6.45, 7) is 0. The van der Waals surface area contributed by atoms with E-state index in [0.717, 1.165) is 16.6 Å². The van der Waals surface area contributed by atoms with Gasteiger partial charge < -0.3 is 5.11 Å². The van der Waals surface area contributed by atoms with Crippen LogP contribution in [0.4, 0.5) is 0 Å². The van der Waals surface area contributed by atoms with Crippen LogP contribution in [0, 0.1) is 0 Å². The highest BCUT2D eigenvalue weighted by molar-refractivity contribution is 7.99. The minimum Gasteiger partial charge on any atom is -0.477 e. The number of carbonyl (C=O) groups is 1. The Kier molecular flexibility index (Phi) is 4.29. The lowest BCUT2D eigenvalue weighted by atomic mass is 10.0. The van der Waals surface area contributed by atoms with Gasteiger partial charge in [-0.15, -0.1) is 11.3 Å². The van der Waals surface area contributed by atoms with Crippen LogP contribution in [0.2, 0.25) is 0 Å². The van der Waals surface area contributed by atoms with Crippen LogP contribution in [0.1, 0.15) is 47.3 Å². The zero-order valence-electron chi connectivity index (χ0n) is 9.15. The van der Waals surface area contributed by atoms with Crippen molar-refractivity contribution in [3.8, 4) is 0 Å².